The highest BCUT2D eigenvalue weighted by Crippen LogP contribution is 2.18. The van der Waals surface area contributed by atoms with Crippen LogP contribution in [-0.2, 0) is 17.4 Å². The number of rotatable bonds is 8. The van der Waals surface area contributed by atoms with Crippen molar-refractivity contribution in [1.29, 1.82) is 0 Å². The highest BCUT2D eigenvalue weighted by atomic mass is 28.4. The molecule has 0 aliphatic carbocycles. The van der Waals surface area contributed by atoms with Crippen molar-refractivity contribution in [3.63, 3.8) is 0 Å². The topological polar surface area (TPSA) is 36.9 Å². The SMILES string of the molecule is CO[Si](CC[SiH](C)O[Si](C)(C)C)(OC)OC. The third-order valence-corrected chi connectivity index (χ3v) is 11.2. The molecule has 16 heavy (non-hydrogen) atoms. The Morgan fingerprint density at radius 1 is 0.938 bits per heavy atom. The highest BCUT2D eigenvalue weighted by Gasteiger charge is 2.38. The zero-order valence-electron chi connectivity index (χ0n) is 11.6. The zero-order chi connectivity index (χ0) is 12.8. The normalized spacial score (nSPS) is 15.2. The molecule has 0 fully saturated rings. The molecule has 0 aromatic rings. The molecule has 98 valence electrons. The molecule has 0 bridgehead atoms. The van der Waals surface area contributed by atoms with Crippen LogP contribution < -0.4 is 0 Å². The fourth-order valence-electron chi connectivity index (χ4n) is 1.60. The monoisotopic (exact) mass is 282 g/mol. The van der Waals surface area contributed by atoms with Gasteiger partial charge in [0.15, 0.2) is 17.4 Å². The first kappa shape index (κ1) is 16.5. The van der Waals surface area contributed by atoms with E-state index in [2.05, 4.69) is 26.2 Å². The quantitative estimate of drug-likeness (QED) is 0.639. The Morgan fingerprint density at radius 2 is 1.38 bits per heavy atom. The van der Waals surface area contributed by atoms with E-state index in [9.17, 15) is 0 Å². The molecule has 1 atom stereocenters. The van der Waals surface area contributed by atoms with Crippen LogP contribution in [0.2, 0.25) is 38.3 Å². The van der Waals surface area contributed by atoms with Crippen molar-refractivity contribution in [2.24, 2.45) is 0 Å². The minimum Gasteiger partial charge on any atom is -0.458 e. The van der Waals surface area contributed by atoms with Crippen LogP contribution in [0.25, 0.3) is 0 Å². The summed E-state index contributed by atoms with van der Waals surface area (Å²) in [5, 5.41) is 0. The van der Waals surface area contributed by atoms with Crippen molar-refractivity contribution in [2.45, 2.75) is 38.3 Å². The van der Waals surface area contributed by atoms with E-state index in [0.29, 0.717) is 0 Å². The molecule has 0 saturated carbocycles. The summed E-state index contributed by atoms with van der Waals surface area (Å²) in [6, 6.07) is 1.90. The molecule has 0 heterocycles. The fourth-order valence-corrected chi connectivity index (χ4v) is 11.1. The maximum atomic E-state index is 6.10. The van der Waals surface area contributed by atoms with Gasteiger partial charge in [0.1, 0.15) is 0 Å². The second-order valence-corrected chi connectivity index (χ2v) is 15.3. The molecule has 0 aliphatic heterocycles. The van der Waals surface area contributed by atoms with E-state index in [-0.39, 0.29) is 0 Å². The van der Waals surface area contributed by atoms with Crippen molar-refractivity contribution in [2.75, 3.05) is 21.3 Å². The predicted octanol–water partition coefficient (Wildman–Crippen LogP) is 2.07. The zero-order valence-corrected chi connectivity index (χ0v) is 14.8. The maximum absolute atomic E-state index is 6.10. The molecular formula is C9H26O4Si3. The molecule has 0 radical (unpaired) electrons. The van der Waals surface area contributed by atoms with Crippen molar-refractivity contribution < 1.29 is 17.4 Å². The lowest BCUT2D eigenvalue weighted by Crippen LogP contribution is -2.44. The minimum atomic E-state index is -2.39. The van der Waals surface area contributed by atoms with Gasteiger partial charge in [0.2, 0.25) is 0 Å². The summed E-state index contributed by atoms with van der Waals surface area (Å²) in [5.41, 5.74) is 0. The average Bonchev–Trinajstić information content (AvgIpc) is 2.18. The summed E-state index contributed by atoms with van der Waals surface area (Å²) in [6.07, 6.45) is 0. The Balaban J connectivity index is 4.11. The lowest BCUT2D eigenvalue weighted by atomic mass is 10.9. The highest BCUT2D eigenvalue weighted by molar-refractivity contribution is 6.77. The molecule has 7 heteroatoms. The summed E-state index contributed by atoms with van der Waals surface area (Å²) < 4.78 is 22.3. The van der Waals surface area contributed by atoms with Gasteiger partial charge >= 0.3 is 8.80 Å². The molecular weight excluding hydrogens is 256 g/mol. The van der Waals surface area contributed by atoms with E-state index in [1.54, 1.807) is 21.3 Å². The smallest absolute Gasteiger partial charge is 0.458 e. The van der Waals surface area contributed by atoms with E-state index in [1.807, 2.05) is 0 Å². The van der Waals surface area contributed by atoms with Gasteiger partial charge in [-0.25, -0.2) is 0 Å². The van der Waals surface area contributed by atoms with E-state index >= 15 is 0 Å². The molecule has 0 aromatic carbocycles. The Hall–Kier alpha value is 0.491. The second-order valence-electron chi connectivity index (χ2n) is 4.87. The van der Waals surface area contributed by atoms with Gasteiger partial charge in [0.05, 0.1) is 0 Å². The third kappa shape index (κ3) is 6.28. The molecule has 0 aliphatic rings. The maximum Gasteiger partial charge on any atom is 0.499 e. The predicted molar refractivity (Wildman–Crippen MR) is 73.8 cm³/mol. The Kier molecular flexibility index (Phi) is 7.26. The summed E-state index contributed by atoms with van der Waals surface area (Å²) in [6.45, 7) is 8.91. The van der Waals surface area contributed by atoms with Gasteiger partial charge in [-0.2, -0.15) is 0 Å². The van der Waals surface area contributed by atoms with Crippen LogP contribution in [0.15, 0.2) is 0 Å². The summed E-state index contributed by atoms with van der Waals surface area (Å²) in [5.74, 6) is 0. The van der Waals surface area contributed by atoms with Crippen LogP contribution in [0, 0.1) is 0 Å². The first-order valence-electron chi connectivity index (χ1n) is 5.62. The Bertz CT molecular complexity index is 183. The molecule has 0 amide bonds. The van der Waals surface area contributed by atoms with Crippen LogP contribution in [0.3, 0.4) is 0 Å². The van der Waals surface area contributed by atoms with Crippen molar-refractivity contribution in [3.8, 4) is 0 Å². The Morgan fingerprint density at radius 3 is 1.69 bits per heavy atom. The molecule has 0 aromatic heterocycles. The standard InChI is InChI=1S/C9H26O4Si3/c1-10-16(11-2,12-3)9-8-14(4)13-15(5,6)7/h14H,8-9H2,1-7H3. The van der Waals surface area contributed by atoms with E-state index < -0.39 is 26.2 Å². The lowest BCUT2D eigenvalue weighted by Gasteiger charge is -2.27. The molecule has 0 rings (SSSR count). The van der Waals surface area contributed by atoms with Crippen LogP contribution in [-0.4, -0.2) is 47.5 Å². The van der Waals surface area contributed by atoms with E-state index in [1.165, 1.54) is 0 Å². The number of hydrogen-bond donors (Lipinski definition) is 0. The average molecular weight is 283 g/mol. The van der Waals surface area contributed by atoms with Crippen LogP contribution in [0.1, 0.15) is 0 Å². The van der Waals surface area contributed by atoms with Gasteiger partial charge < -0.3 is 17.4 Å². The van der Waals surface area contributed by atoms with Crippen molar-refractivity contribution in [3.05, 3.63) is 0 Å². The third-order valence-electron chi connectivity index (χ3n) is 2.34. The van der Waals surface area contributed by atoms with E-state index in [4.69, 9.17) is 17.4 Å². The van der Waals surface area contributed by atoms with Gasteiger partial charge in [0, 0.05) is 27.4 Å². The Labute approximate surface area is 103 Å². The van der Waals surface area contributed by atoms with E-state index in [0.717, 1.165) is 12.1 Å². The van der Waals surface area contributed by atoms with Gasteiger partial charge in [-0.05, 0) is 32.2 Å². The molecule has 4 nitrogen and oxygen atoms in total. The first-order valence-corrected chi connectivity index (χ1v) is 13.4. The fraction of sp³-hybridized carbons (Fsp3) is 1.00. The van der Waals surface area contributed by atoms with Gasteiger partial charge in [-0.1, -0.05) is 0 Å². The molecule has 0 spiro atoms. The molecule has 0 N–H and O–H groups in total. The second kappa shape index (κ2) is 7.04. The van der Waals surface area contributed by atoms with Crippen LogP contribution >= 0.6 is 0 Å². The lowest BCUT2D eigenvalue weighted by molar-refractivity contribution is 0.125. The van der Waals surface area contributed by atoms with Crippen molar-refractivity contribution in [1.82, 2.24) is 0 Å². The summed E-state index contributed by atoms with van der Waals surface area (Å²) in [4.78, 5) is 0. The van der Waals surface area contributed by atoms with Crippen molar-refractivity contribution >= 4 is 26.2 Å². The molecule has 0 saturated heterocycles. The van der Waals surface area contributed by atoms with Gasteiger partial charge in [-0.15, -0.1) is 0 Å². The minimum absolute atomic E-state index is 0.856. The van der Waals surface area contributed by atoms with Crippen LogP contribution in [0.4, 0.5) is 0 Å². The first-order chi connectivity index (χ1) is 7.28. The van der Waals surface area contributed by atoms with Gasteiger partial charge in [0.25, 0.3) is 0 Å². The van der Waals surface area contributed by atoms with Crippen LogP contribution in [0.5, 0.6) is 0 Å². The van der Waals surface area contributed by atoms with Gasteiger partial charge in [-0.3, -0.25) is 0 Å². The molecule has 1 unspecified atom stereocenters. The largest absolute Gasteiger partial charge is 0.499 e. The summed E-state index contributed by atoms with van der Waals surface area (Å²) in [7, 11) is 0.0824. The summed E-state index contributed by atoms with van der Waals surface area (Å²) >= 11 is 0. The number of hydrogen-bond acceptors (Lipinski definition) is 4.